The first-order valence-corrected chi connectivity index (χ1v) is 24.1. The molecule has 68 heavy (non-hydrogen) atoms. The van der Waals surface area contributed by atoms with Gasteiger partial charge < -0.3 is 9.32 Å². The highest BCUT2D eigenvalue weighted by Crippen LogP contribution is 2.57. The number of hydrogen-bond acceptors (Lipinski definition) is 3. The molecular formula is C65H41NOS. The van der Waals surface area contributed by atoms with E-state index in [1.54, 1.807) is 0 Å². The fourth-order valence-electron chi connectivity index (χ4n) is 11.4. The largest absolute Gasteiger partial charge is 0.455 e. The molecule has 0 saturated carbocycles. The summed E-state index contributed by atoms with van der Waals surface area (Å²) in [7, 11) is 0. The Hall–Kier alpha value is -8.50. The Morgan fingerprint density at radius 1 is 0.368 bits per heavy atom. The Bertz CT molecular complexity index is 4040. The molecule has 2 nitrogen and oxygen atoms in total. The van der Waals surface area contributed by atoms with E-state index in [2.05, 4.69) is 254 Å². The number of nitrogens with zero attached hydrogens (tertiary/aromatic N) is 1. The summed E-state index contributed by atoms with van der Waals surface area (Å²) in [6, 6.07) is 91.1. The number of furan rings is 1. The molecule has 3 heteroatoms. The van der Waals surface area contributed by atoms with Gasteiger partial charge in [0.25, 0.3) is 0 Å². The average Bonchev–Trinajstić information content (AvgIpc) is 4.07. The Kier molecular flexibility index (Phi) is 8.71. The molecule has 0 fully saturated rings. The van der Waals surface area contributed by atoms with Crippen LogP contribution in [0.25, 0.3) is 86.3 Å². The first-order chi connectivity index (χ1) is 33.7. The first-order valence-electron chi connectivity index (χ1n) is 23.3. The SMILES string of the molecule is c1ccc(-c2ccc(N(c3ccc4c(c3)C(c3ccccc3)(c3ccccc3)c3ccccc3-4)c3ccc4c(c3)oc3c(-c5cccc6c5sc5ccccc56)c5ccccc5cc34)cc2)cc1. The normalized spacial score (nSPS) is 12.8. The van der Waals surface area contributed by atoms with Crippen molar-refractivity contribution in [3.8, 4) is 33.4 Å². The van der Waals surface area contributed by atoms with E-state index in [-0.39, 0.29) is 0 Å². The molecule has 11 aromatic carbocycles. The molecule has 0 radical (unpaired) electrons. The molecule has 14 rings (SSSR count). The number of anilines is 3. The molecule has 318 valence electrons. The van der Waals surface area contributed by atoms with Crippen LogP contribution in [-0.2, 0) is 5.41 Å². The van der Waals surface area contributed by atoms with Gasteiger partial charge in [0.1, 0.15) is 11.2 Å². The molecule has 0 atom stereocenters. The Balaban J connectivity index is 1.01. The highest BCUT2D eigenvalue weighted by atomic mass is 32.1. The fraction of sp³-hybridized carbons (Fsp3) is 0.0154. The van der Waals surface area contributed by atoms with Gasteiger partial charge in [-0.3, -0.25) is 0 Å². The van der Waals surface area contributed by atoms with Crippen LogP contribution in [0.4, 0.5) is 17.1 Å². The molecule has 2 aromatic heterocycles. The monoisotopic (exact) mass is 883 g/mol. The lowest BCUT2D eigenvalue weighted by Crippen LogP contribution is -2.28. The first kappa shape index (κ1) is 38.7. The van der Waals surface area contributed by atoms with Gasteiger partial charge in [-0.25, -0.2) is 0 Å². The molecule has 0 N–H and O–H groups in total. The van der Waals surface area contributed by atoms with Gasteiger partial charge in [-0.2, -0.15) is 0 Å². The van der Waals surface area contributed by atoms with E-state index in [4.69, 9.17) is 4.42 Å². The molecule has 1 aliphatic carbocycles. The van der Waals surface area contributed by atoms with Gasteiger partial charge in [-0.1, -0.05) is 194 Å². The lowest BCUT2D eigenvalue weighted by molar-refractivity contribution is 0.670. The van der Waals surface area contributed by atoms with Gasteiger partial charge in [-0.15, -0.1) is 11.3 Å². The van der Waals surface area contributed by atoms with Crippen LogP contribution in [-0.4, -0.2) is 0 Å². The van der Waals surface area contributed by atoms with Crippen LogP contribution in [0, 0.1) is 0 Å². The second-order valence-corrected chi connectivity index (χ2v) is 19.0. The molecule has 13 aromatic rings. The summed E-state index contributed by atoms with van der Waals surface area (Å²) in [5, 5.41) is 7.15. The average molecular weight is 884 g/mol. The van der Waals surface area contributed by atoms with Crippen LogP contribution in [0.1, 0.15) is 22.3 Å². The predicted molar refractivity (Wildman–Crippen MR) is 287 cm³/mol. The second-order valence-electron chi connectivity index (χ2n) is 17.9. The third kappa shape index (κ3) is 5.76. The zero-order valence-corrected chi connectivity index (χ0v) is 37.8. The smallest absolute Gasteiger partial charge is 0.143 e. The van der Waals surface area contributed by atoms with Crippen LogP contribution < -0.4 is 4.90 Å². The van der Waals surface area contributed by atoms with Crippen molar-refractivity contribution in [3.05, 3.63) is 271 Å². The zero-order valence-electron chi connectivity index (χ0n) is 36.9. The van der Waals surface area contributed by atoms with Crippen molar-refractivity contribution in [1.82, 2.24) is 0 Å². The van der Waals surface area contributed by atoms with Crippen molar-refractivity contribution >= 4 is 81.3 Å². The number of benzene rings is 11. The van der Waals surface area contributed by atoms with Gasteiger partial charge >= 0.3 is 0 Å². The maximum absolute atomic E-state index is 7.25. The third-order valence-electron chi connectivity index (χ3n) is 14.3. The van der Waals surface area contributed by atoms with Crippen LogP contribution >= 0.6 is 11.3 Å². The molecule has 0 aliphatic heterocycles. The molecule has 0 bridgehead atoms. The van der Waals surface area contributed by atoms with E-state index in [9.17, 15) is 0 Å². The molecular weight excluding hydrogens is 843 g/mol. The van der Waals surface area contributed by atoms with Crippen molar-refractivity contribution in [2.24, 2.45) is 0 Å². The van der Waals surface area contributed by atoms with Crippen molar-refractivity contribution in [2.75, 3.05) is 4.90 Å². The standard InChI is InChI=1S/C65H41NOS/c1-4-17-42(18-5-1)43-31-33-47(34-32-43)66(48-35-37-52-51-25-12-14-29-58(51)65(59(52)40-48,45-20-6-2-7-21-45)46-22-8-3-9-23-46)49-36-38-53-57-39-44-19-10-11-24-50(44)62(63(57)67-60(53)41-49)56-28-16-27-55-54-26-13-15-30-61(54)68-64(55)56/h1-41H. The van der Waals surface area contributed by atoms with E-state index >= 15 is 0 Å². The van der Waals surface area contributed by atoms with Gasteiger partial charge in [0.15, 0.2) is 0 Å². The number of hydrogen-bond donors (Lipinski definition) is 0. The predicted octanol–water partition coefficient (Wildman–Crippen LogP) is 18.3. The second kappa shape index (κ2) is 15.3. The maximum Gasteiger partial charge on any atom is 0.143 e. The summed E-state index contributed by atoms with van der Waals surface area (Å²) in [5.41, 5.74) is 16.6. The van der Waals surface area contributed by atoms with Crippen molar-refractivity contribution < 1.29 is 4.42 Å². The topological polar surface area (TPSA) is 16.4 Å². The molecule has 0 unspecified atom stereocenters. The lowest BCUT2D eigenvalue weighted by Gasteiger charge is -2.35. The van der Waals surface area contributed by atoms with Crippen LogP contribution in [0.15, 0.2) is 253 Å². The quantitative estimate of drug-likeness (QED) is 0.159. The van der Waals surface area contributed by atoms with Gasteiger partial charge in [0.2, 0.25) is 0 Å². The minimum atomic E-state index is -0.536. The zero-order chi connectivity index (χ0) is 44.8. The van der Waals surface area contributed by atoms with Gasteiger partial charge in [0, 0.05) is 65.2 Å². The summed E-state index contributed by atoms with van der Waals surface area (Å²) in [5.74, 6) is 0. The van der Waals surface area contributed by atoms with E-state index in [1.165, 1.54) is 81.0 Å². The van der Waals surface area contributed by atoms with E-state index in [0.29, 0.717) is 0 Å². The van der Waals surface area contributed by atoms with Gasteiger partial charge in [0.05, 0.1) is 5.41 Å². The number of rotatable bonds is 7. The van der Waals surface area contributed by atoms with Crippen molar-refractivity contribution in [3.63, 3.8) is 0 Å². The van der Waals surface area contributed by atoms with E-state index < -0.39 is 5.41 Å². The minimum absolute atomic E-state index is 0.536. The Morgan fingerprint density at radius 3 is 1.75 bits per heavy atom. The molecule has 1 aliphatic rings. The molecule has 2 heterocycles. The van der Waals surface area contributed by atoms with Crippen LogP contribution in [0.5, 0.6) is 0 Å². The third-order valence-corrected chi connectivity index (χ3v) is 15.6. The highest BCUT2D eigenvalue weighted by Gasteiger charge is 2.46. The summed E-state index contributed by atoms with van der Waals surface area (Å²) >= 11 is 1.86. The van der Waals surface area contributed by atoms with Crippen LogP contribution in [0.2, 0.25) is 0 Å². The summed E-state index contributed by atoms with van der Waals surface area (Å²) < 4.78 is 9.82. The lowest BCUT2D eigenvalue weighted by atomic mass is 9.67. The highest BCUT2D eigenvalue weighted by molar-refractivity contribution is 7.26. The number of thiophene rings is 1. The maximum atomic E-state index is 7.25. The minimum Gasteiger partial charge on any atom is -0.455 e. The molecule has 0 spiro atoms. The summed E-state index contributed by atoms with van der Waals surface area (Å²) in [4.78, 5) is 2.40. The molecule has 0 saturated heterocycles. The van der Waals surface area contributed by atoms with Gasteiger partial charge in [-0.05, 0) is 104 Å². The van der Waals surface area contributed by atoms with E-state index in [1.807, 2.05) is 11.3 Å². The van der Waals surface area contributed by atoms with Crippen molar-refractivity contribution in [2.45, 2.75) is 5.41 Å². The summed E-state index contributed by atoms with van der Waals surface area (Å²) in [6.45, 7) is 0. The Labute approximate surface area is 398 Å². The van der Waals surface area contributed by atoms with Crippen molar-refractivity contribution in [1.29, 1.82) is 0 Å². The Morgan fingerprint density at radius 2 is 0.956 bits per heavy atom. The molecule has 0 amide bonds. The number of fused-ring (bicyclic) bond motifs is 10. The summed E-state index contributed by atoms with van der Waals surface area (Å²) in [6.07, 6.45) is 0. The fourth-order valence-corrected chi connectivity index (χ4v) is 12.6. The van der Waals surface area contributed by atoms with Crippen LogP contribution in [0.3, 0.4) is 0 Å². The van der Waals surface area contributed by atoms with E-state index in [0.717, 1.165) is 44.6 Å².